The molecule has 1 atom stereocenters. The Kier molecular flexibility index (Phi) is 2.86. The van der Waals surface area contributed by atoms with Crippen LogP contribution >= 0.6 is 0 Å². The first-order valence-electron chi connectivity index (χ1n) is 3.70. The lowest BCUT2D eigenvalue weighted by molar-refractivity contribution is 0.173. The van der Waals surface area contributed by atoms with Crippen LogP contribution in [0.1, 0.15) is 6.42 Å². The maximum absolute atomic E-state index is 9.30. The van der Waals surface area contributed by atoms with Crippen molar-refractivity contribution < 1.29 is 20.4 Å². The third-order valence-corrected chi connectivity index (χ3v) is 1.93. The molecule has 68 valence electrons. The molecule has 1 aliphatic carbocycles. The second-order valence-electron chi connectivity index (χ2n) is 2.74. The van der Waals surface area contributed by atoms with Crippen LogP contribution in [0.15, 0.2) is 23.0 Å². The van der Waals surface area contributed by atoms with Crippen molar-refractivity contribution in [1.29, 1.82) is 0 Å². The molecule has 0 spiro atoms. The van der Waals surface area contributed by atoms with Crippen molar-refractivity contribution in [3.63, 3.8) is 0 Å². The summed E-state index contributed by atoms with van der Waals surface area (Å²) in [5, 5.41) is 35.9. The Morgan fingerprint density at radius 2 is 2.00 bits per heavy atom. The summed E-state index contributed by atoms with van der Waals surface area (Å²) in [6.07, 6.45) is 0.696. The Labute approximate surface area is 70.1 Å². The van der Waals surface area contributed by atoms with Crippen molar-refractivity contribution in [2.24, 2.45) is 0 Å². The average molecular weight is 172 g/mol. The van der Waals surface area contributed by atoms with Crippen LogP contribution in [-0.2, 0) is 0 Å². The van der Waals surface area contributed by atoms with Gasteiger partial charge in [0.25, 0.3) is 0 Å². The van der Waals surface area contributed by atoms with Crippen LogP contribution in [0.25, 0.3) is 0 Å². The number of hydrogen-bond acceptors (Lipinski definition) is 4. The topological polar surface area (TPSA) is 80.9 Å². The zero-order valence-electron chi connectivity index (χ0n) is 6.56. The molecule has 0 aromatic heterocycles. The molecule has 1 rings (SSSR count). The predicted molar refractivity (Wildman–Crippen MR) is 42.5 cm³/mol. The molecule has 0 aromatic carbocycles. The molecule has 1 aliphatic rings. The normalized spacial score (nSPS) is 24.2. The van der Waals surface area contributed by atoms with E-state index in [-0.39, 0.29) is 25.4 Å². The van der Waals surface area contributed by atoms with E-state index in [4.69, 9.17) is 10.2 Å². The van der Waals surface area contributed by atoms with Crippen LogP contribution in [0.2, 0.25) is 0 Å². The van der Waals surface area contributed by atoms with Crippen LogP contribution in [-0.4, -0.2) is 39.7 Å². The quantitative estimate of drug-likeness (QED) is 0.451. The number of hydrogen-bond donors (Lipinski definition) is 4. The molecule has 0 amide bonds. The summed E-state index contributed by atoms with van der Waals surface area (Å²) in [7, 11) is 0. The minimum absolute atomic E-state index is 0.0492. The van der Waals surface area contributed by atoms with Gasteiger partial charge in [0, 0.05) is 6.42 Å². The number of aliphatic hydroxyl groups is 4. The first-order chi connectivity index (χ1) is 5.69. The van der Waals surface area contributed by atoms with Crippen molar-refractivity contribution in [2.45, 2.75) is 12.5 Å². The van der Waals surface area contributed by atoms with Crippen LogP contribution in [0.3, 0.4) is 0 Å². The summed E-state index contributed by atoms with van der Waals surface area (Å²) in [6, 6.07) is 0. The first-order valence-corrected chi connectivity index (χ1v) is 3.70. The van der Waals surface area contributed by atoms with Crippen LogP contribution in [0.5, 0.6) is 0 Å². The van der Waals surface area contributed by atoms with Crippen molar-refractivity contribution in [3.8, 4) is 0 Å². The van der Waals surface area contributed by atoms with Crippen LogP contribution in [0, 0.1) is 0 Å². The maximum Gasteiger partial charge on any atom is 0.117 e. The lowest BCUT2D eigenvalue weighted by atomic mass is 9.95. The first kappa shape index (κ1) is 9.25. The van der Waals surface area contributed by atoms with E-state index in [1.165, 1.54) is 6.08 Å². The highest BCUT2D eigenvalue weighted by Crippen LogP contribution is 2.22. The molecule has 0 saturated heterocycles. The smallest absolute Gasteiger partial charge is 0.117 e. The Hall–Kier alpha value is -0.840. The maximum atomic E-state index is 9.30. The van der Waals surface area contributed by atoms with E-state index in [1.54, 1.807) is 0 Å². The van der Waals surface area contributed by atoms with Gasteiger partial charge in [-0.05, 0) is 17.2 Å². The van der Waals surface area contributed by atoms with Gasteiger partial charge in [0.05, 0.1) is 19.3 Å². The van der Waals surface area contributed by atoms with Gasteiger partial charge >= 0.3 is 0 Å². The van der Waals surface area contributed by atoms with Crippen molar-refractivity contribution in [1.82, 2.24) is 0 Å². The minimum Gasteiger partial charge on any atom is -0.508 e. The van der Waals surface area contributed by atoms with Crippen molar-refractivity contribution in [2.75, 3.05) is 13.2 Å². The van der Waals surface area contributed by atoms with Gasteiger partial charge in [-0.2, -0.15) is 0 Å². The van der Waals surface area contributed by atoms with E-state index < -0.39 is 6.10 Å². The second-order valence-corrected chi connectivity index (χ2v) is 2.74. The SMILES string of the molecule is OCC1=CC(O)=C(CO)CC1O. The molecular formula is C8H12O4. The fourth-order valence-electron chi connectivity index (χ4n) is 1.14. The predicted octanol–water partition coefficient (Wildman–Crippen LogP) is -0.526. The molecule has 1 unspecified atom stereocenters. The molecule has 0 heterocycles. The monoisotopic (exact) mass is 172 g/mol. The van der Waals surface area contributed by atoms with Gasteiger partial charge in [-0.1, -0.05) is 0 Å². The third-order valence-electron chi connectivity index (χ3n) is 1.93. The molecule has 12 heavy (non-hydrogen) atoms. The standard InChI is InChI=1S/C8H12O4/c9-3-5-1-7(11)6(4-10)2-8(5)12/h1,8-12H,2-4H2. The summed E-state index contributed by atoms with van der Waals surface area (Å²) in [4.78, 5) is 0. The summed E-state index contributed by atoms with van der Waals surface area (Å²) in [5.74, 6) is -0.0492. The minimum atomic E-state index is -0.784. The number of allylic oxidation sites excluding steroid dienone is 1. The summed E-state index contributed by atoms with van der Waals surface area (Å²) in [6.45, 7) is -0.540. The molecular weight excluding hydrogens is 160 g/mol. The highest BCUT2D eigenvalue weighted by Gasteiger charge is 2.19. The van der Waals surface area contributed by atoms with E-state index in [1.807, 2.05) is 0 Å². The Morgan fingerprint density at radius 3 is 2.50 bits per heavy atom. The molecule has 0 aliphatic heterocycles. The van der Waals surface area contributed by atoms with Gasteiger partial charge in [0.2, 0.25) is 0 Å². The van der Waals surface area contributed by atoms with Crippen LogP contribution in [0.4, 0.5) is 0 Å². The van der Waals surface area contributed by atoms with E-state index in [0.29, 0.717) is 11.1 Å². The van der Waals surface area contributed by atoms with Crippen molar-refractivity contribution >= 4 is 0 Å². The molecule has 4 N–H and O–H groups in total. The Balaban J connectivity index is 2.87. The molecule has 0 fully saturated rings. The van der Waals surface area contributed by atoms with Gasteiger partial charge in [0.15, 0.2) is 0 Å². The average Bonchev–Trinajstić information content (AvgIpc) is 2.08. The van der Waals surface area contributed by atoms with E-state index in [2.05, 4.69) is 0 Å². The number of rotatable bonds is 2. The highest BCUT2D eigenvalue weighted by molar-refractivity contribution is 5.32. The second kappa shape index (κ2) is 3.71. The molecule has 4 heteroatoms. The van der Waals surface area contributed by atoms with E-state index in [9.17, 15) is 10.2 Å². The lowest BCUT2D eigenvalue weighted by Gasteiger charge is -2.19. The van der Waals surface area contributed by atoms with Crippen LogP contribution < -0.4 is 0 Å². The molecule has 0 saturated carbocycles. The molecule has 0 aromatic rings. The van der Waals surface area contributed by atoms with Gasteiger partial charge in [-0.25, -0.2) is 0 Å². The fourth-order valence-corrected chi connectivity index (χ4v) is 1.14. The van der Waals surface area contributed by atoms with Gasteiger partial charge < -0.3 is 20.4 Å². The molecule has 0 bridgehead atoms. The summed E-state index contributed by atoms with van der Waals surface area (Å²) >= 11 is 0. The fraction of sp³-hybridized carbons (Fsp3) is 0.500. The van der Waals surface area contributed by atoms with Gasteiger partial charge in [-0.15, -0.1) is 0 Å². The molecule has 0 radical (unpaired) electrons. The summed E-state index contributed by atoms with van der Waals surface area (Å²) in [5.41, 5.74) is 0.782. The third kappa shape index (κ3) is 1.66. The summed E-state index contributed by atoms with van der Waals surface area (Å²) < 4.78 is 0. The lowest BCUT2D eigenvalue weighted by Crippen LogP contribution is -2.20. The Morgan fingerprint density at radius 1 is 1.33 bits per heavy atom. The van der Waals surface area contributed by atoms with Crippen molar-refractivity contribution in [3.05, 3.63) is 23.0 Å². The largest absolute Gasteiger partial charge is 0.508 e. The molecule has 4 nitrogen and oxygen atoms in total. The number of aliphatic hydroxyl groups excluding tert-OH is 4. The van der Waals surface area contributed by atoms with Gasteiger partial charge in [0.1, 0.15) is 5.76 Å². The zero-order chi connectivity index (χ0) is 9.14. The zero-order valence-corrected chi connectivity index (χ0v) is 6.56. The highest BCUT2D eigenvalue weighted by atomic mass is 16.3. The van der Waals surface area contributed by atoms with Gasteiger partial charge in [-0.3, -0.25) is 0 Å². The Bertz CT molecular complexity index is 229. The van der Waals surface area contributed by atoms with E-state index in [0.717, 1.165) is 0 Å². The van der Waals surface area contributed by atoms with E-state index >= 15 is 0 Å².